The van der Waals surface area contributed by atoms with Crippen LogP contribution in [0.15, 0.2) is 21.4 Å². The molecule has 16 heavy (non-hydrogen) atoms. The second-order valence-corrected chi connectivity index (χ2v) is 4.87. The predicted octanol–water partition coefficient (Wildman–Crippen LogP) is 3.49. The number of halogens is 3. The number of aromatic nitrogens is 2. The second-order valence-electron chi connectivity index (χ2n) is 3.21. The summed E-state index contributed by atoms with van der Waals surface area (Å²) in [5.74, 6) is 0. The molecular formula is C10H7BrCl2N2O. The van der Waals surface area contributed by atoms with E-state index < -0.39 is 0 Å². The van der Waals surface area contributed by atoms with E-state index >= 15 is 0 Å². The molecule has 0 amide bonds. The molecule has 1 aromatic heterocycles. The zero-order valence-electron chi connectivity index (χ0n) is 8.30. The molecule has 0 fully saturated rings. The van der Waals surface area contributed by atoms with Gasteiger partial charge in [-0.05, 0) is 30.7 Å². The van der Waals surface area contributed by atoms with E-state index in [2.05, 4.69) is 20.9 Å². The highest BCUT2D eigenvalue weighted by atomic mass is 79.9. The maximum Gasteiger partial charge on any atom is 0.262 e. The van der Waals surface area contributed by atoms with E-state index in [1.165, 1.54) is 4.57 Å². The van der Waals surface area contributed by atoms with Gasteiger partial charge < -0.3 is 0 Å². The van der Waals surface area contributed by atoms with Crippen LogP contribution in [0, 0.1) is 0 Å². The summed E-state index contributed by atoms with van der Waals surface area (Å²) in [4.78, 5) is 16.2. The Balaban J connectivity index is 2.99. The first-order valence-electron chi connectivity index (χ1n) is 4.59. The minimum atomic E-state index is -0.180. The van der Waals surface area contributed by atoms with Crippen molar-refractivity contribution < 1.29 is 0 Å². The molecule has 0 unspecified atom stereocenters. The van der Waals surface area contributed by atoms with Gasteiger partial charge in [-0.1, -0.05) is 27.5 Å². The van der Waals surface area contributed by atoms with Crippen molar-refractivity contribution in [1.29, 1.82) is 0 Å². The summed E-state index contributed by atoms with van der Waals surface area (Å²) in [6.07, 6.45) is 0. The van der Waals surface area contributed by atoms with Crippen molar-refractivity contribution in [2.45, 2.75) is 13.5 Å². The number of hydrogen-bond acceptors (Lipinski definition) is 2. The smallest absolute Gasteiger partial charge is 0.262 e. The van der Waals surface area contributed by atoms with Gasteiger partial charge in [-0.15, -0.1) is 0 Å². The van der Waals surface area contributed by atoms with E-state index in [4.69, 9.17) is 23.2 Å². The van der Waals surface area contributed by atoms with E-state index in [-0.39, 0.29) is 10.8 Å². The number of rotatable bonds is 1. The summed E-state index contributed by atoms with van der Waals surface area (Å²) < 4.78 is 2.14. The molecule has 1 aromatic carbocycles. The van der Waals surface area contributed by atoms with Crippen LogP contribution < -0.4 is 5.56 Å². The molecule has 0 aliphatic heterocycles. The van der Waals surface area contributed by atoms with Crippen molar-refractivity contribution in [2.75, 3.05) is 0 Å². The van der Waals surface area contributed by atoms with Crippen molar-refractivity contribution in [3.05, 3.63) is 37.3 Å². The normalized spacial score (nSPS) is 11.0. The molecule has 0 atom stereocenters. The highest BCUT2D eigenvalue weighted by Gasteiger charge is 2.11. The highest BCUT2D eigenvalue weighted by Crippen LogP contribution is 2.25. The Morgan fingerprint density at radius 3 is 2.75 bits per heavy atom. The fraction of sp³-hybridized carbons (Fsp3) is 0.200. The average Bonchev–Trinajstić information content (AvgIpc) is 2.21. The van der Waals surface area contributed by atoms with Crippen molar-refractivity contribution in [3.63, 3.8) is 0 Å². The summed E-state index contributed by atoms with van der Waals surface area (Å²) >= 11 is 15.2. The summed E-state index contributed by atoms with van der Waals surface area (Å²) in [5, 5.41) is 1.03. The van der Waals surface area contributed by atoms with E-state index in [1.807, 2.05) is 6.92 Å². The Bertz CT molecular complexity index is 624. The Labute approximate surface area is 110 Å². The van der Waals surface area contributed by atoms with Crippen LogP contribution in [0.3, 0.4) is 0 Å². The quantitative estimate of drug-likeness (QED) is 0.754. The maximum atomic E-state index is 12.0. The summed E-state index contributed by atoms with van der Waals surface area (Å²) in [7, 11) is 0. The van der Waals surface area contributed by atoms with E-state index in [0.717, 1.165) is 4.47 Å². The molecule has 84 valence electrons. The number of fused-ring (bicyclic) bond motifs is 1. The molecule has 0 spiro atoms. The van der Waals surface area contributed by atoms with Gasteiger partial charge in [-0.2, -0.15) is 0 Å². The van der Waals surface area contributed by atoms with Gasteiger partial charge in [0.25, 0.3) is 5.56 Å². The van der Waals surface area contributed by atoms with Crippen molar-refractivity contribution in [1.82, 2.24) is 9.55 Å². The van der Waals surface area contributed by atoms with Crippen LogP contribution in [0.2, 0.25) is 10.3 Å². The van der Waals surface area contributed by atoms with Crippen LogP contribution in [0.4, 0.5) is 0 Å². The van der Waals surface area contributed by atoms with E-state index in [1.54, 1.807) is 12.1 Å². The first-order chi connectivity index (χ1) is 7.54. The van der Waals surface area contributed by atoms with Crippen LogP contribution in [-0.2, 0) is 6.54 Å². The first kappa shape index (κ1) is 11.9. The van der Waals surface area contributed by atoms with Crippen molar-refractivity contribution >= 4 is 50.0 Å². The van der Waals surface area contributed by atoms with Crippen LogP contribution in [-0.4, -0.2) is 9.55 Å². The lowest BCUT2D eigenvalue weighted by Crippen LogP contribution is -2.21. The minimum absolute atomic E-state index is 0.157. The molecule has 0 bridgehead atoms. The minimum Gasteiger partial charge on any atom is -0.283 e. The van der Waals surface area contributed by atoms with Crippen LogP contribution >= 0.6 is 39.1 Å². The van der Waals surface area contributed by atoms with Crippen LogP contribution in [0.25, 0.3) is 10.9 Å². The third-order valence-corrected chi connectivity index (χ3v) is 3.28. The van der Waals surface area contributed by atoms with E-state index in [9.17, 15) is 4.79 Å². The van der Waals surface area contributed by atoms with Crippen LogP contribution in [0.1, 0.15) is 6.92 Å². The third-order valence-electron chi connectivity index (χ3n) is 2.25. The largest absolute Gasteiger partial charge is 0.283 e. The van der Waals surface area contributed by atoms with Crippen molar-refractivity contribution in [2.24, 2.45) is 0 Å². The fourth-order valence-corrected chi connectivity index (χ4v) is 2.63. The third kappa shape index (κ3) is 1.85. The SMILES string of the molecule is CCn1c(Cl)nc2c(Cl)cc(Br)cc2c1=O. The lowest BCUT2D eigenvalue weighted by molar-refractivity contribution is 0.719. The maximum absolute atomic E-state index is 12.0. The Morgan fingerprint density at radius 1 is 1.44 bits per heavy atom. The Morgan fingerprint density at radius 2 is 2.12 bits per heavy atom. The molecule has 3 nitrogen and oxygen atoms in total. The topological polar surface area (TPSA) is 34.9 Å². The molecule has 0 N–H and O–H groups in total. The lowest BCUT2D eigenvalue weighted by atomic mass is 10.2. The Kier molecular flexibility index (Phi) is 3.24. The molecule has 0 radical (unpaired) electrons. The van der Waals surface area contributed by atoms with Gasteiger partial charge in [-0.3, -0.25) is 9.36 Å². The van der Waals surface area contributed by atoms with Gasteiger partial charge >= 0.3 is 0 Å². The summed E-state index contributed by atoms with van der Waals surface area (Å²) in [6.45, 7) is 2.31. The van der Waals surface area contributed by atoms with Gasteiger partial charge in [-0.25, -0.2) is 4.98 Å². The molecule has 0 saturated heterocycles. The molecule has 1 heterocycles. The van der Waals surface area contributed by atoms with Gasteiger partial charge in [0.05, 0.1) is 15.9 Å². The number of nitrogens with zero attached hydrogens (tertiary/aromatic N) is 2. The molecule has 2 aromatic rings. The monoisotopic (exact) mass is 320 g/mol. The average molecular weight is 322 g/mol. The zero-order chi connectivity index (χ0) is 11.9. The van der Waals surface area contributed by atoms with Crippen molar-refractivity contribution in [3.8, 4) is 0 Å². The van der Waals surface area contributed by atoms with Gasteiger partial charge in [0.15, 0.2) is 0 Å². The summed E-state index contributed by atoms with van der Waals surface area (Å²) in [6, 6.07) is 3.38. The van der Waals surface area contributed by atoms with Crippen LogP contribution in [0.5, 0.6) is 0 Å². The Hall–Kier alpha value is -0.580. The van der Waals surface area contributed by atoms with Gasteiger partial charge in [0, 0.05) is 11.0 Å². The predicted molar refractivity (Wildman–Crippen MR) is 69.4 cm³/mol. The molecule has 2 rings (SSSR count). The van der Waals surface area contributed by atoms with Gasteiger partial charge in [0.2, 0.25) is 5.28 Å². The standard InChI is InChI=1S/C10H7BrCl2N2O/c1-2-15-9(16)6-3-5(11)4-7(12)8(6)14-10(15)13/h3-4H,2H2,1H3. The lowest BCUT2D eigenvalue weighted by Gasteiger charge is -2.07. The number of benzene rings is 1. The van der Waals surface area contributed by atoms with E-state index in [0.29, 0.717) is 22.5 Å². The summed E-state index contributed by atoms with van der Waals surface area (Å²) in [5.41, 5.74) is 0.255. The zero-order valence-corrected chi connectivity index (χ0v) is 11.4. The molecule has 0 aliphatic carbocycles. The molecule has 0 saturated carbocycles. The fourth-order valence-electron chi connectivity index (χ4n) is 1.50. The molecule has 0 aliphatic rings. The second kappa shape index (κ2) is 4.35. The first-order valence-corrected chi connectivity index (χ1v) is 6.14. The number of hydrogen-bond donors (Lipinski definition) is 0. The molecular weight excluding hydrogens is 315 g/mol. The van der Waals surface area contributed by atoms with Gasteiger partial charge in [0.1, 0.15) is 0 Å². The highest BCUT2D eigenvalue weighted by molar-refractivity contribution is 9.10. The molecule has 6 heteroatoms.